The summed E-state index contributed by atoms with van der Waals surface area (Å²) >= 11 is 6.31. The fourth-order valence-corrected chi connectivity index (χ4v) is 2.39. The molecule has 0 saturated heterocycles. The zero-order valence-corrected chi connectivity index (χ0v) is 12.8. The van der Waals surface area contributed by atoms with Crippen molar-refractivity contribution >= 4 is 17.5 Å². The molecule has 0 spiro atoms. The lowest BCUT2D eigenvalue weighted by Gasteiger charge is -2.19. The van der Waals surface area contributed by atoms with Gasteiger partial charge in [0.15, 0.2) is 0 Å². The van der Waals surface area contributed by atoms with E-state index in [2.05, 4.69) is 10.4 Å². The third kappa shape index (κ3) is 3.70. The van der Waals surface area contributed by atoms with Gasteiger partial charge in [-0.2, -0.15) is 5.10 Å². The molecule has 1 aromatic rings. The first kappa shape index (κ1) is 16.0. The average Bonchev–Trinajstić information content (AvgIpc) is 2.65. The minimum absolute atomic E-state index is 0.139. The summed E-state index contributed by atoms with van der Waals surface area (Å²) in [4.78, 5) is 11.4. The Hall–Kier alpha value is -1.07. The molecule has 1 rings (SSSR count). The molecule has 19 heavy (non-hydrogen) atoms. The van der Waals surface area contributed by atoms with Crippen LogP contribution in [0, 0.1) is 5.92 Å². The van der Waals surface area contributed by atoms with Gasteiger partial charge in [0.25, 0.3) is 0 Å². The van der Waals surface area contributed by atoms with Crippen molar-refractivity contribution < 1.29 is 4.79 Å². The third-order valence-corrected chi connectivity index (χ3v) is 3.59. The molecular weight excluding hydrogens is 264 g/mol. The Labute approximate surface area is 119 Å². The molecule has 0 bridgehead atoms. The second-order valence-electron chi connectivity index (χ2n) is 4.88. The highest BCUT2D eigenvalue weighted by Crippen LogP contribution is 2.21. The Morgan fingerprint density at radius 3 is 2.53 bits per heavy atom. The molecule has 5 nitrogen and oxygen atoms in total. The van der Waals surface area contributed by atoms with E-state index in [9.17, 15) is 4.79 Å². The lowest BCUT2D eigenvalue weighted by atomic mass is 10.0. The van der Waals surface area contributed by atoms with E-state index in [1.165, 1.54) is 0 Å². The Morgan fingerprint density at radius 1 is 1.47 bits per heavy atom. The minimum Gasteiger partial charge on any atom is -0.368 e. The molecule has 0 radical (unpaired) electrons. The first-order valence-electron chi connectivity index (χ1n) is 6.69. The molecule has 3 N–H and O–H groups in total. The smallest absolute Gasteiger partial charge is 0.234 e. The van der Waals surface area contributed by atoms with Crippen molar-refractivity contribution in [3.05, 3.63) is 16.4 Å². The van der Waals surface area contributed by atoms with Crippen LogP contribution in [-0.2, 0) is 24.3 Å². The fraction of sp³-hybridized carbons (Fsp3) is 0.692. The first-order valence-corrected chi connectivity index (χ1v) is 7.06. The summed E-state index contributed by atoms with van der Waals surface area (Å²) in [5.74, 6) is -0.204. The second-order valence-corrected chi connectivity index (χ2v) is 5.26. The van der Waals surface area contributed by atoms with Crippen molar-refractivity contribution in [2.45, 2.75) is 53.2 Å². The van der Waals surface area contributed by atoms with E-state index in [1.807, 2.05) is 32.4 Å². The zero-order valence-electron chi connectivity index (χ0n) is 12.0. The molecule has 0 saturated carbocycles. The van der Waals surface area contributed by atoms with Crippen molar-refractivity contribution in [2.75, 3.05) is 0 Å². The van der Waals surface area contributed by atoms with Crippen LogP contribution in [-0.4, -0.2) is 21.7 Å². The molecule has 0 fully saturated rings. The molecule has 0 aliphatic rings. The second kappa shape index (κ2) is 6.91. The van der Waals surface area contributed by atoms with Crippen molar-refractivity contribution in [1.29, 1.82) is 0 Å². The largest absolute Gasteiger partial charge is 0.368 e. The summed E-state index contributed by atoms with van der Waals surface area (Å²) in [6, 6.07) is -0.360. The molecular formula is C13H23ClN4O. The summed E-state index contributed by atoms with van der Waals surface area (Å²) in [5, 5.41) is 8.30. The summed E-state index contributed by atoms with van der Waals surface area (Å²) in [6.45, 7) is 9.19. The van der Waals surface area contributed by atoms with Crippen LogP contribution in [0.25, 0.3) is 0 Å². The standard InChI is InChI=1S/C13H23ClN4O/c1-5-9-11(14)10(18(6-2)17-9)7-16-12(8(3)4)13(15)19/h8,12,16H,5-7H2,1-4H3,(H2,15,19). The molecule has 0 aliphatic heterocycles. The molecule has 0 aliphatic carbocycles. The van der Waals surface area contributed by atoms with Gasteiger partial charge in [-0.25, -0.2) is 0 Å². The Morgan fingerprint density at radius 2 is 2.11 bits per heavy atom. The van der Waals surface area contributed by atoms with E-state index in [-0.39, 0.29) is 17.9 Å². The molecule has 1 unspecified atom stereocenters. The summed E-state index contributed by atoms with van der Waals surface area (Å²) in [7, 11) is 0. The summed E-state index contributed by atoms with van der Waals surface area (Å²) in [5.41, 5.74) is 7.18. The van der Waals surface area contributed by atoms with Gasteiger partial charge in [0.05, 0.1) is 22.5 Å². The molecule has 108 valence electrons. The fourth-order valence-electron chi connectivity index (χ4n) is 2.06. The van der Waals surface area contributed by atoms with Crippen molar-refractivity contribution in [2.24, 2.45) is 11.7 Å². The number of carbonyl (C=O) groups is 1. The SMILES string of the molecule is CCc1nn(CC)c(CNC(C(N)=O)C(C)C)c1Cl. The van der Waals surface area contributed by atoms with Crippen LogP contribution in [0.15, 0.2) is 0 Å². The van der Waals surface area contributed by atoms with E-state index in [0.29, 0.717) is 11.6 Å². The van der Waals surface area contributed by atoms with Crippen LogP contribution in [0.5, 0.6) is 0 Å². The van der Waals surface area contributed by atoms with E-state index < -0.39 is 0 Å². The summed E-state index contributed by atoms with van der Waals surface area (Å²) in [6.07, 6.45) is 0.794. The first-order chi connectivity index (χ1) is 8.92. The molecule has 1 amide bonds. The maximum Gasteiger partial charge on any atom is 0.234 e. The highest BCUT2D eigenvalue weighted by Gasteiger charge is 2.21. The predicted octanol–water partition coefficient (Wildman–Crippen LogP) is 1.72. The number of halogens is 1. The number of nitrogens with two attached hydrogens (primary N) is 1. The molecule has 0 aromatic carbocycles. The number of nitrogens with zero attached hydrogens (tertiary/aromatic N) is 2. The van der Waals surface area contributed by atoms with Crippen LogP contribution in [0.2, 0.25) is 5.02 Å². The van der Waals surface area contributed by atoms with Gasteiger partial charge >= 0.3 is 0 Å². The number of rotatable bonds is 7. The number of hydrogen-bond donors (Lipinski definition) is 2. The van der Waals surface area contributed by atoms with Gasteiger partial charge in [-0.15, -0.1) is 0 Å². The van der Waals surface area contributed by atoms with E-state index in [4.69, 9.17) is 17.3 Å². The van der Waals surface area contributed by atoms with E-state index in [1.54, 1.807) is 0 Å². The average molecular weight is 287 g/mol. The predicted molar refractivity (Wildman–Crippen MR) is 76.9 cm³/mol. The van der Waals surface area contributed by atoms with Crippen LogP contribution in [0.4, 0.5) is 0 Å². The maximum absolute atomic E-state index is 11.4. The lowest BCUT2D eigenvalue weighted by molar-refractivity contribution is -0.121. The molecule has 1 atom stereocenters. The van der Waals surface area contributed by atoms with Gasteiger partial charge in [0, 0.05) is 13.1 Å². The van der Waals surface area contributed by atoms with Gasteiger partial charge in [-0.1, -0.05) is 32.4 Å². The number of aromatic nitrogens is 2. The highest BCUT2D eigenvalue weighted by atomic mass is 35.5. The van der Waals surface area contributed by atoms with E-state index >= 15 is 0 Å². The van der Waals surface area contributed by atoms with Gasteiger partial charge in [-0.3, -0.25) is 14.8 Å². The molecule has 6 heteroatoms. The monoisotopic (exact) mass is 286 g/mol. The molecule has 1 heterocycles. The topological polar surface area (TPSA) is 72.9 Å². The van der Waals surface area contributed by atoms with Gasteiger partial charge in [0.2, 0.25) is 5.91 Å². The van der Waals surface area contributed by atoms with Crippen molar-refractivity contribution in [3.63, 3.8) is 0 Å². The zero-order chi connectivity index (χ0) is 14.6. The number of amides is 1. The Kier molecular flexibility index (Phi) is 5.82. The summed E-state index contributed by atoms with van der Waals surface area (Å²) < 4.78 is 1.87. The molecule has 1 aromatic heterocycles. The minimum atomic E-state index is -0.360. The van der Waals surface area contributed by atoms with Crippen LogP contribution >= 0.6 is 11.6 Å². The number of primary amides is 1. The van der Waals surface area contributed by atoms with Crippen LogP contribution < -0.4 is 11.1 Å². The number of nitrogens with one attached hydrogen (secondary N) is 1. The van der Waals surface area contributed by atoms with Crippen LogP contribution in [0.1, 0.15) is 39.1 Å². The lowest BCUT2D eigenvalue weighted by Crippen LogP contribution is -2.44. The van der Waals surface area contributed by atoms with Crippen molar-refractivity contribution in [1.82, 2.24) is 15.1 Å². The number of hydrogen-bond acceptors (Lipinski definition) is 3. The van der Waals surface area contributed by atoms with Crippen LogP contribution in [0.3, 0.4) is 0 Å². The van der Waals surface area contributed by atoms with E-state index in [0.717, 1.165) is 24.4 Å². The highest BCUT2D eigenvalue weighted by molar-refractivity contribution is 6.31. The maximum atomic E-state index is 11.4. The number of aryl methyl sites for hydroxylation is 2. The van der Waals surface area contributed by atoms with Gasteiger partial charge < -0.3 is 5.73 Å². The van der Waals surface area contributed by atoms with Gasteiger partial charge in [0.1, 0.15) is 0 Å². The number of carbonyl (C=O) groups excluding carboxylic acids is 1. The normalized spacial score (nSPS) is 12.9. The van der Waals surface area contributed by atoms with Gasteiger partial charge in [-0.05, 0) is 19.3 Å². The Balaban J connectivity index is 2.87. The van der Waals surface area contributed by atoms with Crippen molar-refractivity contribution in [3.8, 4) is 0 Å². The Bertz CT molecular complexity index is 442. The quantitative estimate of drug-likeness (QED) is 0.801. The third-order valence-electron chi connectivity index (χ3n) is 3.16.